The lowest BCUT2D eigenvalue weighted by atomic mass is 10.2. The summed E-state index contributed by atoms with van der Waals surface area (Å²) in [6.07, 6.45) is 2.37. The zero-order valence-corrected chi connectivity index (χ0v) is 6.69. The number of rotatable bonds is 0. The quantitative estimate of drug-likeness (QED) is 0.545. The Hall–Kier alpha value is -0.350. The van der Waals surface area contributed by atoms with Crippen molar-refractivity contribution < 1.29 is 8.42 Å². The van der Waals surface area contributed by atoms with Gasteiger partial charge in [0.05, 0.1) is 5.75 Å². The molecule has 3 nitrogen and oxygen atoms in total. The molecule has 0 fully saturated rings. The Morgan fingerprint density at radius 1 is 1.70 bits per heavy atom. The van der Waals surface area contributed by atoms with Crippen LogP contribution in [0.15, 0.2) is 11.0 Å². The third kappa shape index (κ3) is 1.38. The zero-order chi connectivity index (χ0) is 7.78. The summed E-state index contributed by atoms with van der Waals surface area (Å²) in [6.45, 7) is 1.61. The molecule has 0 amide bonds. The van der Waals surface area contributed by atoms with E-state index in [2.05, 4.69) is 0 Å². The second-order valence-corrected chi connectivity index (χ2v) is 4.80. The van der Waals surface area contributed by atoms with Gasteiger partial charge in [0.15, 0.2) is 9.84 Å². The van der Waals surface area contributed by atoms with Crippen LogP contribution in [0.2, 0.25) is 0 Å². The first-order chi connectivity index (χ1) is 4.52. The Bertz CT molecular complexity index is 253. The Morgan fingerprint density at radius 2 is 2.30 bits per heavy atom. The maximum absolute atomic E-state index is 11.0. The lowest BCUT2D eigenvalue weighted by Gasteiger charge is -2.15. The first-order valence-corrected chi connectivity index (χ1v) is 4.83. The number of hydrogen-bond acceptors (Lipinski definition) is 3. The van der Waals surface area contributed by atoms with Crippen molar-refractivity contribution in [2.75, 3.05) is 5.75 Å². The van der Waals surface area contributed by atoms with Crippen LogP contribution in [0.1, 0.15) is 13.3 Å². The first-order valence-electron chi connectivity index (χ1n) is 3.17. The molecule has 0 saturated heterocycles. The minimum absolute atomic E-state index is 0.106. The largest absolute Gasteiger partial charge is 0.326 e. The van der Waals surface area contributed by atoms with Crippen molar-refractivity contribution in [1.29, 1.82) is 0 Å². The van der Waals surface area contributed by atoms with Gasteiger partial charge in [-0.1, -0.05) is 6.08 Å². The van der Waals surface area contributed by atoms with Crippen LogP contribution in [-0.4, -0.2) is 20.2 Å². The van der Waals surface area contributed by atoms with Gasteiger partial charge in [0.25, 0.3) is 0 Å². The molecular formula is C6H11NO2S. The van der Waals surface area contributed by atoms with E-state index in [0.29, 0.717) is 11.3 Å². The highest BCUT2D eigenvalue weighted by Gasteiger charge is 2.21. The van der Waals surface area contributed by atoms with Crippen molar-refractivity contribution in [3.8, 4) is 0 Å². The molecule has 0 aromatic carbocycles. The van der Waals surface area contributed by atoms with Crippen molar-refractivity contribution in [1.82, 2.24) is 0 Å². The van der Waals surface area contributed by atoms with E-state index in [0.717, 1.165) is 0 Å². The first kappa shape index (κ1) is 7.75. The SMILES string of the molecule is CC1=CCC(N)CS1(=O)=O. The van der Waals surface area contributed by atoms with Crippen LogP contribution in [0.3, 0.4) is 0 Å². The Kier molecular flexibility index (Phi) is 1.83. The summed E-state index contributed by atoms with van der Waals surface area (Å²) in [5, 5.41) is 0. The van der Waals surface area contributed by atoms with Crippen molar-refractivity contribution in [3.05, 3.63) is 11.0 Å². The van der Waals surface area contributed by atoms with Gasteiger partial charge in [0, 0.05) is 10.9 Å². The van der Waals surface area contributed by atoms with E-state index in [-0.39, 0.29) is 11.8 Å². The molecule has 4 heteroatoms. The highest BCUT2D eigenvalue weighted by molar-refractivity contribution is 7.95. The van der Waals surface area contributed by atoms with Gasteiger partial charge in [-0.3, -0.25) is 0 Å². The molecule has 0 bridgehead atoms. The molecule has 1 rings (SSSR count). The van der Waals surface area contributed by atoms with Crippen molar-refractivity contribution >= 4 is 9.84 Å². The molecule has 1 aliphatic rings. The predicted molar refractivity (Wildman–Crippen MR) is 40.1 cm³/mol. The highest BCUT2D eigenvalue weighted by Crippen LogP contribution is 2.15. The average molecular weight is 161 g/mol. The second kappa shape index (κ2) is 2.36. The molecule has 1 unspecified atom stereocenters. The molecule has 1 aliphatic heterocycles. The van der Waals surface area contributed by atoms with Crippen molar-refractivity contribution in [3.63, 3.8) is 0 Å². The monoisotopic (exact) mass is 161 g/mol. The third-order valence-electron chi connectivity index (χ3n) is 1.63. The van der Waals surface area contributed by atoms with Crippen LogP contribution in [0.5, 0.6) is 0 Å². The summed E-state index contributed by atoms with van der Waals surface area (Å²) in [4.78, 5) is 0.467. The fourth-order valence-corrected chi connectivity index (χ4v) is 2.24. The topological polar surface area (TPSA) is 60.2 Å². The van der Waals surface area contributed by atoms with E-state index in [9.17, 15) is 8.42 Å². The van der Waals surface area contributed by atoms with Gasteiger partial charge in [0.2, 0.25) is 0 Å². The maximum atomic E-state index is 11.0. The predicted octanol–water partition coefficient (Wildman–Crippen LogP) is 0.0360. The summed E-state index contributed by atoms with van der Waals surface area (Å²) in [5.74, 6) is 0.106. The van der Waals surface area contributed by atoms with E-state index in [1.54, 1.807) is 13.0 Å². The van der Waals surface area contributed by atoms with Gasteiger partial charge in [-0.05, 0) is 13.3 Å². The summed E-state index contributed by atoms with van der Waals surface area (Å²) in [7, 11) is -2.97. The van der Waals surface area contributed by atoms with Crippen LogP contribution in [0, 0.1) is 0 Å². The molecule has 0 aromatic heterocycles. The van der Waals surface area contributed by atoms with Gasteiger partial charge in [0.1, 0.15) is 0 Å². The molecule has 0 radical (unpaired) electrons. The van der Waals surface area contributed by atoms with Gasteiger partial charge in [-0.25, -0.2) is 8.42 Å². The van der Waals surface area contributed by atoms with Crippen LogP contribution < -0.4 is 5.73 Å². The minimum Gasteiger partial charge on any atom is -0.326 e. The number of sulfone groups is 1. The molecule has 58 valence electrons. The number of hydrogen-bond donors (Lipinski definition) is 1. The second-order valence-electron chi connectivity index (χ2n) is 2.59. The highest BCUT2D eigenvalue weighted by atomic mass is 32.2. The minimum atomic E-state index is -2.97. The van der Waals surface area contributed by atoms with Gasteiger partial charge >= 0.3 is 0 Å². The fourth-order valence-electron chi connectivity index (χ4n) is 0.926. The van der Waals surface area contributed by atoms with Gasteiger partial charge in [-0.2, -0.15) is 0 Å². The molecule has 2 N–H and O–H groups in total. The Balaban J connectivity index is 2.98. The van der Waals surface area contributed by atoms with Crippen LogP contribution >= 0.6 is 0 Å². The summed E-state index contributed by atoms with van der Waals surface area (Å²) < 4.78 is 22.1. The van der Waals surface area contributed by atoms with E-state index < -0.39 is 9.84 Å². The molecule has 1 atom stereocenters. The fraction of sp³-hybridized carbons (Fsp3) is 0.667. The van der Waals surface area contributed by atoms with Crippen LogP contribution in [-0.2, 0) is 9.84 Å². The number of nitrogens with two attached hydrogens (primary N) is 1. The van der Waals surface area contributed by atoms with Crippen molar-refractivity contribution in [2.45, 2.75) is 19.4 Å². The molecule has 0 aliphatic carbocycles. The summed E-state index contributed by atoms with van der Waals surface area (Å²) in [5.41, 5.74) is 5.45. The normalized spacial score (nSPS) is 31.4. The van der Waals surface area contributed by atoms with E-state index in [1.165, 1.54) is 0 Å². The molecule has 0 saturated carbocycles. The molecule has 10 heavy (non-hydrogen) atoms. The van der Waals surface area contributed by atoms with Gasteiger partial charge < -0.3 is 5.73 Å². The Labute approximate surface area is 60.8 Å². The lowest BCUT2D eigenvalue weighted by Crippen LogP contribution is -2.32. The molecule has 0 spiro atoms. The molecule has 1 heterocycles. The zero-order valence-electron chi connectivity index (χ0n) is 5.87. The van der Waals surface area contributed by atoms with Crippen LogP contribution in [0.4, 0.5) is 0 Å². The van der Waals surface area contributed by atoms with Crippen LogP contribution in [0.25, 0.3) is 0 Å². The third-order valence-corrected chi connectivity index (χ3v) is 3.65. The molecule has 0 aromatic rings. The van der Waals surface area contributed by atoms with Crippen molar-refractivity contribution in [2.24, 2.45) is 5.73 Å². The standard InChI is InChI=1S/C6H11NO2S/c1-5-2-3-6(7)4-10(5,8)9/h2,6H,3-4,7H2,1H3. The lowest BCUT2D eigenvalue weighted by molar-refractivity contribution is 0.588. The summed E-state index contributed by atoms with van der Waals surface area (Å²) in [6, 6.07) is -0.200. The smallest absolute Gasteiger partial charge is 0.175 e. The van der Waals surface area contributed by atoms with E-state index in [1.807, 2.05) is 0 Å². The number of allylic oxidation sites excluding steroid dienone is 1. The van der Waals surface area contributed by atoms with Gasteiger partial charge in [-0.15, -0.1) is 0 Å². The van der Waals surface area contributed by atoms with E-state index in [4.69, 9.17) is 5.73 Å². The van der Waals surface area contributed by atoms with E-state index >= 15 is 0 Å². The molecular weight excluding hydrogens is 150 g/mol. The Morgan fingerprint density at radius 3 is 2.70 bits per heavy atom. The summed E-state index contributed by atoms with van der Waals surface area (Å²) >= 11 is 0. The maximum Gasteiger partial charge on any atom is 0.175 e. The average Bonchev–Trinajstić information content (AvgIpc) is 1.78.